The molecule has 4 rings (SSSR count). The van der Waals surface area contributed by atoms with Gasteiger partial charge in [-0.15, -0.1) is 0 Å². The van der Waals surface area contributed by atoms with Crippen LogP contribution in [-0.2, 0) is 11.3 Å². The van der Waals surface area contributed by atoms with Crippen molar-refractivity contribution in [3.05, 3.63) is 89.5 Å². The lowest BCUT2D eigenvalue weighted by Gasteiger charge is -2.13. The Balaban J connectivity index is 1.72. The van der Waals surface area contributed by atoms with Crippen molar-refractivity contribution < 1.29 is 15.0 Å². The molecule has 0 aliphatic carbocycles. The predicted molar refractivity (Wildman–Crippen MR) is 129 cm³/mol. The number of hydrogen-bond acceptors (Lipinski definition) is 3. The molecule has 0 radical (unpaired) electrons. The molecule has 0 saturated carbocycles. The topological polar surface area (TPSA) is 74.5 Å². The van der Waals surface area contributed by atoms with Gasteiger partial charge >= 0.3 is 0 Å². The van der Waals surface area contributed by atoms with E-state index >= 15 is 0 Å². The van der Waals surface area contributed by atoms with Crippen molar-refractivity contribution in [3.8, 4) is 22.8 Å². The number of carbonyl (C=O) groups is 1. The molecule has 0 aliphatic heterocycles. The van der Waals surface area contributed by atoms with Gasteiger partial charge in [0.1, 0.15) is 11.5 Å². The van der Waals surface area contributed by atoms with Crippen LogP contribution in [0.25, 0.3) is 28.2 Å². The Kier molecular flexibility index (Phi) is 5.99. The van der Waals surface area contributed by atoms with Crippen LogP contribution >= 0.6 is 0 Å². The quantitative estimate of drug-likeness (QED) is 0.370. The smallest absolute Gasteiger partial charge is 0.243 e. The van der Waals surface area contributed by atoms with Crippen LogP contribution in [0.2, 0.25) is 0 Å². The molecule has 0 bridgehead atoms. The number of carbonyl (C=O) groups excluding carboxylic acids is 1. The second kappa shape index (κ2) is 9.02. The minimum Gasteiger partial charge on any atom is -0.508 e. The number of phenolic OH excluding ortho intramolecular Hbond substituents is 2. The lowest BCUT2D eigenvalue weighted by atomic mass is 10.1. The normalized spacial score (nSPS) is 11.3. The summed E-state index contributed by atoms with van der Waals surface area (Å²) in [5.74, 6) is 0.355. The molecule has 5 nitrogen and oxygen atoms in total. The first-order chi connectivity index (χ1) is 15.5. The second-order valence-corrected chi connectivity index (χ2v) is 7.78. The number of amides is 1. The number of aromatic nitrogens is 1. The summed E-state index contributed by atoms with van der Waals surface area (Å²) in [6, 6.07) is 20.7. The molecule has 3 N–H and O–H groups in total. The van der Waals surface area contributed by atoms with Crippen molar-refractivity contribution in [1.82, 2.24) is 9.88 Å². The summed E-state index contributed by atoms with van der Waals surface area (Å²) < 4.78 is 2.23. The maximum atomic E-state index is 11.6. The fourth-order valence-electron chi connectivity index (χ4n) is 3.99. The highest BCUT2D eigenvalue weighted by atomic mass is 16.3. The van der Waals surface area contributed by atoms with E-state index in [9.17, 15) is 15.0 Å². The summed E-state index contributed by atoms with van der Waals surface area (Å²) in [6.45, 7) is 5.19. The number of likely N-dealkylation sites (N-methyl/N-ethyl adjacent to an activating group) is 1. The third-order valence-corrected chi connectivity index (χ3v) is 5.54. The SMILES string of the molecule is CCNC(=O)/C=C/c1ccc(Cn2c(-c3ccc(O)cc3)c(C)c3cc(O)ccc32)cc1. The van der Waals surface area contributed by atoms with Crippen LogP contribution in [0, 0.1) is 6.92 Å². The third-order valence-electron chi connectivity index (χ3n) is 5.54. The molecule has 0 aliphatic rings. The number of hydrogen-bond donors (Lipinski definition) is 3. The van der Waals surface area contributed by atoms with Crippen LogP contribution in [0.3, 0.4) is 0 Å². The molecule has 0 fully saturated rings. The zero-order valence-electron chi connectivity index (χ0n) is 18.2. The first-order valence-corrected chi connectivity index (χ1v) is 10.6. The van der Waals surface area contributed by atoms with Crippen LogP contribution in [0.15, 0.2) is 72.8 Å². The summed E-state index contributed by atoms with van der Waals surface area (Å²) in [7, 11) is 0. The number of benzene rings is 3. The Morgan fingerprint density at radius 1 is 0.969 bits per heavy atom. The standard InChI is InChI=1S/C27H26N2O3/c1-3-28-26(32)15-8-19-4-6-20(7-5-19)17-29-25-14-13-23(31)16-24(25)18(2)27(29)21-9-11-22(30)12-10-21/h4-16,30-31H,3,17H2,1-2H3,(H,28,32)/b15-8+. The van der Waals surface area contributed by atoms with Crippen molar-refractivity contribution in [2.75, 3.05) is 6.54 Å². The minimum atomic E-state index is -0.104. The van der Waals surface area contributed by atoms with Crippen molar-refractivity contribution in [1.29, 1.82) is 0 Å². The number of rotatable bonds is 6. The monoisotopic (exact) mass is 426 g/mol. The Morgan fingerprint density at radius 3 is 2.34 bits per heavy atom. The largest absolute Gasteiger partial charge is 0.508 e. The molecule has 0 spiro atoms. The van der Waals surface area contributed by atoms with E-state index in [1.807, 2.05) is 37.3 Å². The van der Waals surface area contributed by atoms with E-state index in [0.717, 1.165) is 38.9 Å². The van der Waals surface area contributed by atoms with Crippen molar-refractivity contribution in [2.45, 2.75) is 20.4 Å². The Labute approximate surface area is 187 Å². The summed E-state index contributed by atoms with van der Waals surface area (Å²) >= 11 is 0. The molecular formula is C27H26N2O3. The molecule has 0 unspecified atom stereocenters. The van der Waals surface area contributed by atoms with E-state index in [1.165, 1.54) is 6.08 Å². The fourth-order valence-corrected chi connectivity index (χ4v) is 3.99. The Hall–Kier alpha value is -3.99. The van der Waals surface area contributed by atoms with E-state index in [1.54, 1.807) is 30.3 Å². The number of phenols is 2. The summed E-state index contributed by atoms with van der Waals surface area (Å²) in [5, 5.41) is 23.5. The van der Waals surface area contributed by atoms with Gasteiger partial charge in [-0.3, -0.25) is 4.79 Å². The molecule has 1 heterocycles. The van der Waals surface area contributed by atoms with E-state index < -0.39 is 0 Å². The van der Waals surface area contributed by atoms with Crippen LogP contribution in [0.1, 0.15) is 23.6 Å². The van der Waals surface area contributed by atoms with Crippen molar-refractivity contribution >= 4 is 22.9 Å². The number of nitrogens with zero attached hydrogens (tertiary/aromatic N) is 1. The van der Waals surface area contributed by atoms with Gasteiger partial charge in [-0.25, -0.2) is 0 Å². The summed E-state index contributed by atoms with van der Waals surface area (Å²) in [6.07, 6.45) is 3.34. The zero-order valence-corrected chi connectivity index (χ0v) is 18.2. The number of aromatic hydroxyl groups is 2. The minimum absolute atomic E-state index is 0.104. The van der Waals surface area contributed by atoms with Gasteiger partial charge in [-0.05, 0) is 84.6 Å². The molecule has 162 valence electrons. The highest BCUT2D eigenvalue weighted by Crippen LogP contribution is 2.36. The van der Waals surface area contributed by atoms with Gasteiger partial charge in [0.25, 0.3) is 0 Å². The van der Waals surface area contributed by atoms with Crippen LogP contribution in [-0.4, -0.2) is 27.2 Å². The first kappa shape index (κ1) is 21.2. The van der Waals surface area contributed by atoms with Gasteiger partial charge in [0.05, 0.1) is 5.69 Å². The number of fused-ring (bicyclic) bond motifs is 1. The predicted octanol–water partition coefficient (Wildman–Crippen LogP) is 5.23. The van der Waals surface area contributed by atoms with E-state index in [0.29, 0.717) is 13.1 Å². The van der Waals surface area contributed by atoms with E-state index in [-0.39, 0.29) is 17.4 Å². The summed E-state index contributed by atoms with van der Waals surface area (Å²) in [5.41, 5.74) is 6.22. The van der Waals surface area contributed by atoms with Gasteiger partial charge in [-0.1, -0.05) is 24.3 Å². The highest BCUT2D eigenvalue weighted by molar-refractivity contribution is 5.93. The zero-order chi connectivity index (χ0) is 22.7. The van der Waals surface area contributed by atoms with Crippen molar-refractivity contribution in [2.24, 2.45) is 0 Å². The molecule has 4 aromatic rings. The van der Waals surface area contributed by atoms with Gasteiger partial charge in [0.2, 0.25) is 5.91 Å². The number of aryl methyl sites for hydroxylation is 1. The average Bonchev–Trinajstić information content (AvgIpc) is 3.05. The van der Waals surface area contributed by atoms with Gasteiger partial charge in [0.15, 0.2) is 0 Å². The lowest BCUT2D eigenvalue weighted by molar-refractivity contribution is -0.116. The molecule has 0 saturated heterocycles. The van der Waals surface area contributed by atoms with Crippen LogP contribution in [0.4, 0.5) is 0 Å². The number of nitrogens with one attached hydrogen (secondary N) is 1. The lowest BCUT2D eigenvalue weighted by Crippen LogP contribution is -2.19. The summed E-state index contributed by atoms with van der Waals surface area (Å²) in [4.78, 5) is 11.6. The molecule has 5 heteroatoms. The fraction of sp³-hybridized carbons (Fsp3) is 0.148. The Bertz CT molecular complexity index is 1280. The van der Waals surface area contributed by atoms with Crippen molar-refractivity contribution in [3.63, 3.8) is 0 Å². The second-order valence-electron chi connectivity index (χ2n) is 7.78. The average molecular weight is 427 g/mol. The van der Waals surface area contributed by atoms with E-state index in [4.69, 9.17) is 0 Å². The molecule has 0 atom stereocenters. The maximum absolute atomic E-state index is 11.6. The van der Waals surface area contributed by atoms with Gasteiger partial charge in [-0.2, -0.15) is 0 Å². The third kappa shape index (κ3) is 4.37. The molecule has 32 heavy (non-hydrogen) atoms. The first-order valence-electron chi connectivity index (χ1n) is 10.6. The Morgan fingerprint density at radius 2 is 1.66 bits per heavy atom. The van der Waals surface area contributed by atoms with Gasteiger partial charge < -0.3 is 20.1 Å². The van der Waals surface area contributed by atoms with Crippen LogP contribution < -0.4 is 5.32 Å². The highest BCUT2D eigenvalue weighted by Gasteiger charge is 2.16. The molecular weight excluding hydrogens is 400 g/mol. The molecule has 1 amide bonds. The molecule has 3 aromatic carbocycles. The maximum Gasteiger partial charge on any atom is 0.243 e. The van der Waals surface area contributed by atoms with Gasteiger partial charge in [0, 0.05) is 30.1 Å². The molecule has 1 aromatic heterocycles. The van der Waals surface area contributed by atoms with E-state index in [2.05, 4.69) is 28.9 Å². The van der Waals surface area contributed by atoms with Crippen LogP contribution in [0.5, 0.6) is 11.5 Å².